The van der Waals surface area contributed by atoms with Gasteiger partial charge in [0.15, 0.2) is 0 Å². The lowest BCUT2D eigenvalue weighted by Gasteiger charge is -2.32. The lowest BCUT2D eigenvalue weighted by Crippen LogP contribution is -2.34. The van der Waals surface area contributed by atoms with Gasteiger partial charge in [-0.1, -0.05) is 17.7 Å². The quantitative estimate of drug-likeness (QED) is 0.871. The Labute approximate surface area is 106 Å². The third-order valence-corrected chi connectivity index (χ3v) is 3.47. The molecule has 1 N–H and O–H groups in total. The minimum atomic E-state index is -0.859. The fourth-order valence-electron chi connectivity index (χ4n) is 2.74. The van der Waals surface area contributed by atoms with Crippen molar-refractivity contribution in [3.05, 3.63) is 28.8 Å². The van der Waals surface area contributed by atoms with E-state index in [-0.39, 0.29) is 24.7 Å². The van der Waals surface area contributed by atoms with Crippen molar-refractivity contribution in [2.45, 2.75) is 32.6 Å². The summed E-state index contributed by atoms with van der Waals surface area (Å²) in [5.74, 6) is -1.08. The topological polar surface area (TPSA) is 57.6 Å². The molecule has 1 amide bonds. The smallest absolute Gasteiger partial charge is 0.303 e. The van der Waals surface area contributed by atoms with Crippen LogP contribution >= 0.6 is 0 Å². The summed E-state index contributed by atoms with van der Waals surface area (Å²) in [6.45, 7) is 3.94. The number of amides is 1. The Hall–Kier alpha value is -1.84. The van der Waals surface area contributed by atoms with E-state index in [9.17, 15) is 9.59 Å². The molecule has 0 saturated carbocycles. The Morgan fingerprint density at radius 1 is 1.44 bits per heavy atom. The molecule has 0 fully saturated rings. The van der Waals surface area contributed by atoms with Gasteiger partial charge in [0, 0.05) is 25.1 Å². The van der Waals surface area contributed by atoms with Gasteiger partial charge in [0.05, 0.1) is 6.42 Å². The van der Waals surface area contributed by atoms with Gasteiger partial charge in [0.2, 0.25) is 5.91 Å². The number of carboxylic acid groups (broad SMARTS) is 1. The minimum absolute atomic E-state index is 0.00940. The highest BCUT2D eigenvalue weighted by atomic mass is 16.4. The van der Waals surface area contributed by atoms with Crippen LogP contribution in [0.2, 0.25) is 0 Å². The van der Waals surface area contributed by atoms with E-state index in [1.807, 2.05) is 26.0 Å². The van der Waals surface area contributed by atoms with Gasteiger partial charge in [-0.3, -0.25) is 9.59 Å². The normalized spacial score (nSPS) is 18.7. The third-order valence-electron chi connectivity index (χ3n) is 3.47. The first-order valence-electron chi connectivity index (χ1n) is 5.99. The van der Waals surface area contributed by atoms with Crippen LogP contribution in [-0.4, -0.2) is 24.0 Å². The van der Waals surface area contributed by atoms with E-state index in [2.05, 4.69) is 0 Å². The molecule has 1 aliphatic rings. The number of carbonyl (C=O) groups excluding carboxylic acids is 1. The van der Waals surface area contributed by atoms with E-state index >= 15 is 0 Å². The van der Waals surface area contributed by atoms with E-state index in [0.717, 1.165) is 22.4 Å². The zero-order valence-electron chi connectivity index (χ0n) is 10.9. The molecule has 0 aliphatic carbocycles. The molecule has 1 unspecified atom stereocenters. The SMILES string of the molecule is Cc1cc(C)c2c(c1)C(CC(=O)O)CC(=O)N2C. The van der Waals surface area contributed by atoms with Crippen molar-refractivity contribution < 1.29 is 14.7 Å². The molecule has 2 rings (SSSR count). The van der Waals surface area contributed by atoms with Crippen molar-refractivity contribution in [2.24, 2.45) is 0 Å². The van der Waals surface area contributed by atoms with Crippen LogP contribution in [0.3, 0.4) is 0 Å². The number of fused-ring (bicyclic) bond motifs is 1. The van der Waals surface area contributed by atoms with Crippen molar-refractivity contribution in [3.63, 3.8) is 0 Å². The number of rotatable bonds is 2. The number of hydrogen-bond acceptors (Lipinski definition) is 2. The lowest BCUT2D eigenvalue weighted by atomic mass is 9.84. The average molecular weight is 247 g/mol. The van der Waals surface area contributed by atoms with Gasteiger partial charge in [-0.15, -0.1) is 0 Å². The molecule has 0 radical (unpaired) electrons. The molecule has 1 heterocycles. The van der Waals surface area contributed by atoms with Crippen LogP contribution in [0, 0.1) is 13.8 Å². The number of carboxylic acids is 1. The van der Waals surface area contributed by atoms with E-state index in [1.165, 1.54) is 0 Å². The van der Waals surface area contributed by atoms with E-state index < -0.39 is 5.97 Å². The average Bonchev–Trinajstić information content (AvgIpc) is 2.24. The van der Waals surface area contributed by atoms with Crippen LogP contribution in [0.1, 0.15) is 35.4 Å². The molecule has 1 atom stereocenters. The van der Waals surface area contributed by atoms with E-state index in [1.54, 1.807) is 11.9 Å². The second-order valence-corrected chi connectivity index (χ2v) is 4.97. The van der Waals surface area contributed by atoms with Gasteiger partial charge in [-0.05, 0) is 25.0 Å². The maximum atomic E-state index is 11.9. The lowest BCUT2D eigenvalue weighted by molar-refractivity contribution is -0.137. The molecule has 1 aliphatic heterocycles. The molecular weight excluding hydrogens is 230 g/mol. The van der Waals surface area contributed by atoms with Gasteiger partial charge in [-0.25, -0.2) is 0 Å². The number of benzene rings is 1. The van der Waals surface area contributed by atoms with Gasteiger partial charge < -0.3 is 10.0 Å². The van der Waals surface area contributed by atoms with Crippen LogP contribution in [0.25, 0.3) is 0 Å². The molecule has 0 spiro atoms. The first kappa shape index (κ1) is 12.6. The number of nitrogens with zero attached hydrogens (tertiary/aromatic N) is 1. The molecule has 1 aromatic carbocycles. The number of carbonyl (C=O) groups is 2. The molecule has 4 heteroatoms. The second-order valence-electron chi connectivity index (χ2n) is 4.97. The van der Waals surface area contributed by atoms with Crippen molar-refractivity contribution in [1.82, 2.24) is 0 Å². The van der Waals surface area contributed by atoms with Gasteiger partial charge in [-0.2, -0.15) is 0 Å². The molecule has 0 saturated heterocycles. The summed E-state index contributed by atoms with van der Waals surface area (Å²) in [7, 11) is 1.75. The predicted octanol–water partition coefficient (Wildman–Crippen LogP) is 2.23. The van der Waals surface area contributed by atoms with E-state index in [0.29, 0.717) is 0 Å². The summed E-state index contributed by atoms with van der Waals surface area (Å²) < 4.78 is 0. The molecule has 18 heavy (non-hydrogen) atoms. The van der Waals surface area contributed by atoms with Crippen LogP contribution in [0.15, 0.2) is 12.1 Å². The number of hydrogen-bond donors (Lipinski definition) is 1. The second kappa shape index (κ2) is 4.44. The Morgan fingerprint density at radius 2 is 2.11 bits per heavy atom. The van der Waals surface area contributed by atoms with Gasteiger partial charge >= 0.3 is 5.97 Å². The van der Waals surface area contributed by atoms with Gasteiger partial charge in [0.1, 0.15) is 0 Å². The maximum absolute atomic E-state index is 11.9. The summed E-state index contributed by atoms with van der Waals surface area (Å²) in [5.41, 5.74) is 3.99. The van der Waals surface area contributed by atoms with Crippen molar-refractivity contribution >= 4 is 17.6 Å². The molecule has 1 aromatic rings. The molecule has 0 bridgehead atoms. The molecular formula is C14H17NO3. The summed E-state index contributed by atoms with van der Waals surface area (Å²) in [6.07, 6.45) is 0.286. The van der Waals surface area contributed by atoms with Crippen LogP contribution < -0.4 is 4.90 Å². The predicted molar refractivity (Wildman–Crippen MR) is 68.9 cm³/mol. The minimum Gasteiger partial charge on any atom is -0.481 e. The summed E-state index contributed by atoms with van der Waals surface area (Å²) >= 11 is 0. The Kier molecular flexibility index (Phi) is 3.11. The first-order chi connectivity index (χ1) is 8.40. The van der Waals surface area contributed by atoms with Crippen LogP contribution in [0.5, 0.6) is 0 Å². The maximum Gasteiger partial charge on any atom is 0.303 e. The molecule has 96 valence electrons. The number of aryl methyl sites for hydroxylation is 2. The Bertz CT molecular complexity index is 522. The highest BCUT2D eigenvalue weighted by Gasteiger charge is 2.31. The summed E-state index contributed by atoms with van der Waals surface area (Å²) in [5, 5.41) is 8.96. The van der Waals surface area contributed by atoms with Crippen molar-refractivity contribution in [2.75, 3.05) is 11.9 Å². The summed E-state index contributed by atoms with van der Waals surface area (Å²) in [4.78, 5) is 24.5. The Morgan fingerprint density at radius 3 is 2.72 bits per heavy atom. The molecule has 0 aromatic heterocycles. The standard InChI is InChI=1S/C14H17NO3/c1-8-4-9(2)14-11(5-8)10(7-13(17)18)6-12(16)15(14)3/h4-5,10H,6-7H2,1-3H3,(H,17,18). The molecule has 4 nitrogen and oxygen atoms in total. The van der Waals surface area contributed by atoms with Crippen molar-refractivity contribution in [3.8, 4) is 0 Å². The number of anilines is 1. The third kappa shape index (κ3) is 2.10. The Balaban J connectivity index is 2.55. The summed E-state index contributed by atoms with van der Waals surface area (Å²) in [6, 6.07) is 4.02. The zero-order chi connectivity index (χ0) is 13.4. The van der Waals surface area contributed by atoms with Crippen molar-refractivity contribution in [1.29, 1.82) is 0 Å². The zero-order valence-corrected chi connectivity index (χ0v) is 10.9. The largest absolute Gasteiger partial charge is 0.481 e. The highest BCUT2D eigenvalue weighted by molar-refractivity contribution is 5.98. The first-order valence-corrected chi connectivity index (χ1v) is 5.99. The fraction of sp³-hybridized carbons (Fsp3) is 0.429. The fourth-order valence-corrected chi connectivity index (χ4v) is 2.74. The van der Waals surface area contributed by atoms with Gasteiger partial charge in [0.25, 0.3) is 0 Å². The monoisotopic (exact) mass is 247 g/mol. The van der Waals surface area contributed by atoms with Crippen LogP contribution in [0.4, 0.5) is 5.69 Å². The van der Waals surface area contributed by atoms with E-state index in [4.69, 9.17) is 5.11 Å². The number of aliphatic carboxylic acids is 1. The highest BCUT2D eigenvalue weighted by Crippen LogP contribution is 2.39. The van der Waals surface area contributed by atoms with Crippen LogP contribution in [-0.2, 0) is 9.59 Å².